The number of nitrogens with zero attached hydrogens (tertiary/aromatic N) is 2. The van der Waals surface area contributed by atoms with Crippen molar-refractivity contribution >= 4 is 40.1 Å². The predicted octanol–water partition coefficient (Wildman–Crippen LogP) is 2.07. The van der Waals surface area contributed by atoms with Gasteiger partial charge in [0.05, 0.1) is 17.0 Å². The second-order valence-corrected chi connectivity index (χ2v) is 7.33. The van der Waals surface area contributed by atoms with E-state index in [4.69, 9.17) is 9.47 Å². The Kier molecular flexibility index (Phi) is 7.16. The maximum atomic E-state index is 12.4. The highest BCUT2D eigenvalue weighted by Gasteiger charge is 2.27. The maximum absolute atomic E-state index is 12.4. The lowest BCUT2D eigenvalue weighted by Gasteiger charge is -2.09. The maximum Gasteiger partial charge on any atom is 0.355 e. The zero-order valence-electron chi connectivity index (χ0n) is 16.9. The van der Waals surface area contributed by atoms with Crippen molar-refractivity contribution in [1.82, 2.24) is 9.47 Å². The predicted molar refractivity (Wildman–Crippen MR) is 107 cm³/mol. The largest absolute Gasteiger partial charge is 0.462 e. The highest BCUT2D eigenvalue weighted by Crippen LogP contribution is 2.34. The van der Waals surface area contributed by atoms with Gasteiger partial charge in [0.25, 0.3) is 11.8 Å². The summed E-state index contributed by atoms with van der Waals surface area (Å²) >= 11 is 0.971. The molecular formula is C19H23N3O6S. The fraction of sp³-hybridized carbons (Fsp3) is 0.368. The summed E-state index contributed by atoms with van der Waals surface area (Å²) in [5, 5.41) is 2.72. The standard InChI is InChI=1S/C19H23N3O6S/c1-6-27-19(26)14-11(2)15(17(24)21(3)4)29-16(14)20-13(23)10-28-18(25)12-8-7-9-22(12)5/h7-9H,6,10H2,1-5H3,(H,20,23). The van der Waals surface area contributed by atoms with E-state index in [-0.39, 0.29) is 23.1 Å². The molecular weight excluding hydrogens is 398 g/mol. The molecule has 0 unspecified atom stereocenters. The number of esters is 2. The van der Waals surface area contributed by atoms with E-state index in [1.165, 1.54) is 4.90 Å². The zero-order valence-corrected chi connectivity index (χ0v) is 17.7. The number of nitrogens with one attached hydrogen (secondary N) is 1. The van der Waals surface area contributed by atoms with E-state index in [9.17, 15) is 19.2 Å². The van der Waals surface area contributed by atoms with Crippen LogP contribution in [0.4, 0.5) is 5.00 Å². The average Bonchev–Trinajstić information content (AvgIpc) is 3.22. The third-order valence-electron chi connectivity index (χ3n) is 3.97. The molecule has 156 valence electrons. The second kappa shape index (κ2) is 9.37. The van der Waals surface area contributed by atoms with Crippen molar-refractivity contribution in [1.29, 1.82) is 0 Å². The molecule has 0 atom stereocenters. The highest BCUT2D eigenvalue weighted by molar-refractivity contribution is 7.18. The zero-order chi connectivity index (χ0) is 21.7. The van der Waals surface area contributed by atoms with E-state index < -0.39 is 24.5 Å². The summed E-state index contributed by atoms with van der Waals surface area (Å²) in [6.45, 7) is 2.88. The molecule has 29 heavy (non-hydrogen) atoms. The molecule has 0 aliphatic heterocycles. The molecule has 0 aliphatic rings. The van der Waals surface area contributed by atoms with Gasteiger partial charge in [-0.25, -0.2) is 9.59 Å². The topological polar surface area (TPSA) is 107 Å². The summed E-state index contributed by atoms with van der Waals surface area (Å²) in [6.07, 6.45) is 1.68. The number of thiophene rings is 1. The van der Waals surface area contributed by atoms with Crippen molar-refractivity contribution in [2.45, 2.75) is 13.8 Å². The van der Waals surface area contributed by atoms with E-state index in [2.05, 4.69) is 5.32 Å². The average molecular weight is 421 g/mol. The fourth-order valence-electron chi connectivity index (χ4n) is 2.50. The first kappa shape index (κ1) is 22.2. The van der Waals surface area contributed by atoms with Gasteiger partial charge in [-0.3, -0.25) is 9.59 Å². The molecule has 0 aliphatic carbocycles. The van der Waals surface area contributed by atoms with E-state index in [1.54, 1.807) is 57.9 Å². The fourth-order valence-corrected chi connectivity index (χ4v) is 3.73. The van der Waals surface area contributed by atoms with Crippen LogP contribution in [-0.2, 0) is 21.3 Å². The van der Waals surface area contributed by atoms with Crippen LogP contribution in [0.25, 0.3) is 0 Å². The number of carbonyl (C=O) groups excluding carboxylic acids is 4. The van der Waals surface area contributed by atoms with E-state index in [0.717, 1.165) is 11.3 Å². The van der Waals surface area contributed by atoms with Crippen molar-refractivity contribution in [2.75, 3.05) is 32.6 Å². The summed E-state index contributed by atoms with van der Waals surface area (Å²) in [4.78, 5) is 50.7. The normalized spacial score (nSPS) is 10.4. The van der Waals surface area contributed by atoms with Crippen molar-refractivity contribution in [3.05, 3.63) is 40.0 Å². The Morgan fingerprint density at radius 2 is 1.86 bits per heavy atom. The number of rotatable bonds is 7. The van der Waals surface area contributed by atoms with Gasteiger partial charge in [-0.2, -0.15) is 0 Å². The van der Waals surface area contributed by atoms with Gasteiger partial charge in [0.15, 0.2) is 6.61 Å². The summed E-state index contributed by atoms with van der Waals surface area (Å²) < 4.78 is 11.6. The van der Waals surface area contributed by atoms with Crippen molar-refractivity contribution in [3.8, 4) is 0 Å². The summed E-state index contributed by atoms with van der Waals surface area (Å²) in [6, 6.07) is 3.25. The first-order valence-electron chi connectivity index (χ1n) is 8.77. The molecule has 0 bridgehead atoms. The second-order valence-electron chi connectivity index (χ2n) is 6.31. The Morgan fingerprint density at radius 1 is 1.17 bits per heavy atom. The molecule has 0 radical (unpaired) electrons. The van der Waals surface area contributed by atoms with Gasteiger partial charge in [0, 0.05) is 27.3 Å². The van der Waals surface area contributed by atoms with Crippen LogP contribution < -0.4 is 5.32 Å². The van der Waals surface area contributed by atoms with Gasteiger partial charge in [-0.1, -0.05) is 0 Å². The van der Waals surface area contributed by atoms with Crippen LogP contribution in [0.3, 0.4) is 0 Å². The molecule has 2 heterocycles. The lowest BCUT2D eigenvalue weighted by molar-refractivity contribution is -0.119. The van der Waals surface area contributed by atoms with Gasteiger partial charge >= 0.3 is 11.9 Å². The molecule has 0 spiro atoms. The molecule has 0 saturated carbocycles. The first-order valence-corrected chi connectivity index (χ1v) is 9.59. The van der Waals surface area contributed by atoms with Gasteiger partial charge in [-0.05, 0) is 31.5 Å². The quantitative estimate of drug-likeness (QED) is 0.686. The Hall–Kier alpha value is -3.14. The van der Waals surface area contributed by atoms with Crippen LogP contribution in [0.15, 0.2) is 18.3 Å². The number of aryl methyl sites for hydroxylation is 1. The van der Waals surface area contributed by atoms with Crippen LogP contribution in [0.5, 0.6) is 0 Å². The van der Waals surface area contributed by atoms with Crippen molar-refractivity contribution in [2.24, 2.45) is 7.05 Å². The number of amides is 2. The summed E-state index contributed by atoms with van der Waals surface area (Å²) in [7, 11) is 4.86. The third kappa shape index (κ3) is 5.02. The van der Waals surface area contributed by atoms with E-state index >= 15 is 0 Å². The minimum absolute atomic E-state index is 0.115. The van der Waals surface area contributed by atoms with Crippen LogP contribution in [0.2, 0.25) is 0 Å². The molecule has 2 aromatic rings. The number of ether oxygens (including phenoxy) is 2. The molecule has 0 fully saturated rings. The summed E-state index contributed by atoms with van der Waals surface area (Å²) in [5.74, 6) is -2.23. The van der Waals surface area contributed by atoms with E-state index in [1.807, 2.05) is 0 Å². The molecule has 10 heteroatoms. The SMILES string of the molecule is CCOC(=O)c1c(NC(=O)COC(=O)c2cccn2C)sc(C(=O)N(C)C)c1C. The van der Waals surface area contributed by atoms with E-state index in [0.29, 0.717) is 16.1 Å². The van der Waals surface area contributed by atoms with Crippen molar-refractivity contribution in [3.63, 3.8) is 0 Å². The molecule has 0 saturated heterocycles. The monoisotopic (exact) mass is 421 g/mol. The number of hydrogen-bond acceptors (Lipinski definition) is 7. The van der Waals surface area contributed by atoms with Crippen LogP contribution in [-0.4, -0.2) is 60.5 Å². The van der Waals surface area contributed by atoms with Crippen LogP contribution >= 0.6 is 11.3 Å². The molecule has 2 rings (SSSR count). The first-order chi connectivity index (χ1) is 13.7. The molecule has 9 nitrogen and oxygen atoms in total. The molecule has 1 N–H and O–H groups in total. The Bertz CT molecular complexity index is 944. The lowest BCUT2D eigenvalue weighted by atomic mass is 10.1. The lowest BCUT2D eigenvalue weighted by Crippen LogP contribution is -2.22. The smallest absolute Gasteiger partial charge is 0.355 e. The highest BCUT2D eigenvalue weighted by atomic mass is 32.1. The van der Waals surface area contributed by atoms with Gasteiger partial charge < -0.3 is 24.3 Å². The Balaban J connectivity index is 2.19. The third-order valence-corrected chi connectivity index (χ3v) is 5.16. The molecule has 2 amide bonds. The van der Waals surface area contributed by atoms with Crippen LogP contribution in [0, 0.1) is 6.92 Å². The number of hydrogen-bond donors (Lipinski definition) is 1. The number of aromatic nitrogens is 1. The number of carbonyl (C=O) groups is 4. The summed E-state index contributed by atoms with van der Waals surface area (Å²) in [5.41, 5.74) is 0.836. The van der Waals surface area contributed by atoms with Crippen LogP contribution in [0.1, 0.15) is 43.0 Å². The van der Waals surface area contributed by atoms with Gasteiger partial charge in [0.1, 0.15) is 10.7 Å². The minimum Gasteiger partial charge on any atom is -0.462 e. The minimum atomic E-state index is -0.649. The van der Waals surface area contributed by atoms with Crippen molar-refractivity contribution < 1.29 is 28.7 Å². The molecule has 0 aromatic carbocycles. The van der Waals surface area contributed by atoms with Gasteiger partial charge in [0.2, 0.25) is 0 Å². The Morgan fingerprint density at radius 3 is 2.41 bits per heavy atom. The molecule has 2 aromatic heterocycles. The Labute approximate surface area is 172 Å². The van der Waals surface area contributed by atoms with Gasteiger partial charge in [-0.15, -0.1) is 11.3 Å². The number of anilines is 1.